The van der Waals surface area contributed by atoms with Gasteiger partial charge in [-0.3, -0.25) is 4.79 Å². The molecular weight excluding hydrogens is 366 g/mol. The van der Waals surface area contributed by atoms with Crippen LogP contribution in [-0.4, -0.2) is 46.9 Å². The number of carbonyl (C=O) groups is 1. The molecule has 1 aliphatic heterocycles. The number of methoxy groups -OCH3 is 1. The Kier molecular flexibility index (Phi) is 4.67. The second kappa shape index (κ2) is 7.13. The van der Waals surface area contributed by atoms with Crippen LogP contribution in [-0.2, 0) is 4.74 Å². The molecule has 140 valence electrons. The van der Waals surface area contributed by atoms with Crippen LogP contribution in [0.1, 0.15) is 23.2 Å². The van der Waals surface area contributed by atoms with Crippen molar-refractivity contribution in [1.82, 2.24) is 9.55 Å². The highest BCUT2D eigenvalue weighted by Crippen LogP contribution is 2.34. The van der Waals surface area contributed by atoms with E-state index in [0.717, 1.165) is 40.4 Å². The normalized spacial score (nSPS) is 16.9. The molecule has 1 fully saturated rings. The average Bonchev–Trinajstić information content (AvgIpc) is 3.27. The van der Waals surface area contributed by atoms with Crippen LogP contribution >= 0.6 is 11.3 Å². The van der Waals surface area contributed by atoms with Crippen molar-refractivity contribution < 1.29 is 14.6 Å². The van der Waals surface area contributed by atoms with E-state index in [4.69, 9.17) is 14.8 Å². The number of hydrogen-bond donors (Lipinski definition) is 1. The molecule has 0 bridgehead atoms. The molecule has 7 nitrogen and oxygen atoms in total. The van der Waals surface area contributed by atoms with Crippen LogP contribution in [0.4, 0.5) is 5.13 Å². The minimum absolute atomic E-state index is 0.248. The zero-order valence-electron chi connectivity index (χ0n) is 14.8. The van der Waals surface area contributed by atoms with Crippen molar-refractivity contribution in [2.45, 2.75) is 18.9 Å². The van der Waals surface area contributed by atoms with E-state index in [0.29, 0.717) is 12.6 Å². The minimum Gasteiger partial charge on any atom is -0.477 e. The number of ether oxygens (including phenoxy) is 1. The fraction of sp³-hybridized carbons (Fsp3) is 0.316. The number of carboxylic acid groups (broad SMARTS) is 1. The Morgan fingerprint density at radius 2 is 2.26 bits per heavy atom. The van der Waals surface area contributed by atoms with E-state index >= 15 is 0 Å². The van der Waals surface area contributed by atoms with Crippen LogP contribution in [0.15, 0.2) is 41.5 Å². The van der Waals surface area contributed by atoms with Crippen molar-refractivity contribution >= 4 is 32.7 Å². The van der Waals surface area contributed by atoms with Crippen molar-refractivity contribution in [2.75, 3.05) is 25.2 Å². The Labute approximate surface area is 159 Å². The lowest BCUT2D eigenvalue weighted by Gasteiger charge is -2.22. The Morgan fingerprint density at radius 1 is 1.41 bits per heavy atom. The van der Waals surface area contributed by atoms with Gasteiger partial charge in [-0.05, 0) is 31.0 Å². The lowest BCUT2D eigenvalue weighted by Crippen LogP contribution is -2.32. The number of nitrogens with zero attached hydrogens (tertiary/aromatic N) is 3. The first-order valence-corrected chi connectivity index (χ1v) is 9.50. The molecule has 1 N–H and O–H groups in total. The van der Waals surface area contributed by atoms with Gasteiger partial charge in [0, 0.05) is 37.8 Å². The molecule has 1 saturated heterocycles. The van der Waals surface area contributed by atoms with Gasteiger partial charge in [0.25, 0.3) is 0 Å². The van der Waals surface area contributed by atoms with E-state index in [2.05, 4.69) is 4.90 Å². The Balaban J connectivity index is 1.70. The molecule has 0 unspecified atom stereocenters. The summed E-state index contributed by atoms with van der Waals surface area (Å²) in [6, 6.07) is 7.38. The number of aromatic nitrogens is 2. The predicted molar refractivity (Wildman–Crippen MR) is 104 cm³/mol. The summed E-state index contributed by atoms with van der Waals surface area (Å²) in [5.41, 5.74) is 0.941. The summed E-state index contributed by atoms with van der Waals surface area (Å²) >= 11 is 1.61. The van der Waals surface area contributed by atoms with Crippen LogP contribution in [0.25, 0.3) is 15.9 Å². The molecule has 0 amide bonds. The molecule has 8 heteroatoms. The molecule has 27 heavy (non-hydrogen) atoms. The van der Waals surface area contributed by atoms with Crippen LogP contribution < -0.4 is 10.3 Å². The largest absolute Gasteiger partial charge is 0.477 e. The van der Waals surface area contributed by atoms with Crippen LogP contribution in [0.3, 0.4) is 0 Å². The molecule has 3 aromatic rings. The standard InChI is InChI=1S/C19H19N3O4S/c1-26-11-13-3-2-7-22(13)19-20-15-5-4-12(9-17(15)27-19)21-8-6-16(23)14(10-21)18(24)25/h4-6,8-10,13H,2-3,7,11H2,1H3,(H,24,25)/t13-/m1/s1. The maximum absolute atomic E-state index is 11.7. The van der Waals surface area contributed by atoms with Crippen molar-refractivity contribution in [3.05, 3.63) is 52.4 Å². The van der Waals surface area contributed by atoms with E-state index in [1.54, 1.807) is 29.2 Å². The number of hydrogen-bond acceptors (Lipinski definition) is 6. The molecule has 1 aliphatic rings. The van der Waals surface area contributed by atoms with E-state index in [9.17, 15) is 9.59 Å². The van der Waals surface area contributed by atoms with Gasteiger partial charge in [0.05, 0.1) is 22.9 Å². The first kappa shape index (κ1) is 17.7. The predicted octanol–water partition coefficient (Wildman–Crippen LogP) is 2.76. The molecule has 3 heterocycles. The quantitative estimate of drug-likeness (QED) is 0.727. The van der Waals surface area contributed by atoms with Gasteiger partial charge in [0.1, 0.15) is 5.56 Å². The summed E-state index contributed by atoms with van der Waals surface area (Å²) in [6.45, 7) is 1.67. The Morgan fingerprint density at radius 3 is 3.04 bits per heavy atom. The maximum Gasteiger partial charge on any atom is 0.341 e. The van der Waals surface area contributed by atoms with E-state index in [-0.39, 0.29) is 5.56 Å². The zero-order valence-corrected chi connectivity index (χ0v) is 15.6. The summed E-state index contributed by atoms with van der Waals surface area (Å²) in [7, 11) is 1.72. The van der Waals surface area contributed by atoms with Crippen molar-refractivity contribution in [1.29, 1.82) is 0 Å². The van der Waals surface area contributed by atoms with Crippen molar-refractivity contribution in [2.24, 2.45) is 0 Å². The molecule has 2 aromatic heterocycles. The van der Waals surface area contributed by atoms with Gasteiger partial charge in [0.15, 0.2) is 10.6 Å². The summed E-state index contributed by atoms with van der Waals surface area (Å²) in [5.74, 6) is -1.23. The van der Waals surface area contributed by atoms with Crippen molar-refractivity contribution in [3.8, 4) is 5.69 Å². The third-order valence-corrected chi connectivity index (χ3v) is 5.85. The van der Waals surface area contributed by atoms with E-state index in [1.807, 2.05) is 18.2 Å². The van der Waals surface area contributed by atoms with E-state index in [1.165, 1.54) is 12.3 Å². The highest BCUT2D eigenvalue weighted by atomic mass is 32.1. The number of benzene rings is 1. The molecule has 0 aliphatic carbocycles. The highest BCUT2D eigenvalue weighted by molar-refractivity contribution is 7.22. The fourth-order valence-corrected chi connectivity index (χ4v) is 4.54. The number of fused-ring (bicyclic) bond motifs is 1. The van der Waals surface area contributed by atoms with Crippen LogP contribution in [0.5, 0.6) is 0 Å². The van der Waals surface area contributed by atoms with Gasteiger partial charge in [-0.2, -0.15) is 0 Å². The monoisotopic (exact) mass is 385 g/mol. The smallest absolute Gasteiger partial charge is 0.341 e. The van der Waals surface area contributed by atoms with Gasteiger partial charge in [-0.15, -0.1) is 0 Å². The minimum atomic E-state index is -1.23. The number of aromatic carboxylic acids is 1. The number of rotatable bonds is 5. The van der Waals surface area contributed by atoms with Crippen molar-refractivity contribution in [3.63, 3.8) is 0 Å². The van der Waals surface area contributed by atoms with Gasteiger partial charge in [0.2, 0.25) is 0 Å². The summed E-state index contributed by atoms with van der Waals surface area (Å²) in [4.78, 5) is 29.9. The second-order valence-corrected chi connectivity index (χ2v) is 7.54. The van der Waals surface area contributed by atoms with Crippen LogP contribution in [0, 0.1) is 0 Å². The molecule has 4 rings (SSSR count). The van der Waals surface area contributed by atoms with Gasteiger partial charge in [-0.25, -0.2) is 9.78 Å². The Bertz CT molecular complexity index is 1060. The molecule has 0 saturated carbocycles. The lowest BCUT2D eigenvalue weighted by atomic mass is 10.2. The second-order valence-electron chi connectivity index (χ2n) is 6.53. The summed E-state index contributed by atoms with van der Waals surface area (Å²) < 4.78 is 7.99. The molecule has 1 aromatic carbocycles. The number of anilines is 1. The molecular formula is C19H19N3O4S. The maximum atomic E-state index is 11.7. The zero-order chi connectivity index (χ0) is 19.0. The average molecular weight is 385 g/mol. The topological polar surface area (TPSA) is 84.7 Å². The third kappa shape index (κ3) is 3.33. The fourth-order valence-electron chi connectivity index (χ4n) is 3.44. The summed E-state index contributed by atoms with van der Waals surface area (Å²) in [5, 5.41) is 10.1. The van der Waals surface area contributed by atoms with Gasteiger partial charge in [-0.1, -0.05) is 11.3 Å². The first-order chi connectivity index (χ1) is 13.1. The van der Waals surface area contributed by atoms with Crippen LogP contribution in [0.2, 0.25) is 0 Å². The number of thiazole rings is 1. The van der Waals surface area contributed by atoms with Gasteiger partial charge < -0.3 is 19.3 Å². The highest BCUT2D eigenvalue weighted by Gasteiger charge is 2.27. The van der Waals surface area contributed by atoms with E-state index < -0.39 is 11.4 Å². The number of pyridine rings is 1. The number of carboxylic acids is 1. The Hall–Kier alpha value is -2.71. The van der Waals surface area contributed by atoms with Gasteiger partial charge >= 0.3 is 5.97 Å². The lowest BCUT2D eigenvalue weighted by molar-refractivity contribution is 0.0695. The SMILES string of the molecule is COC[C@H]1CCCN1c1nc2ccc(-n3ccc(=O)c(C(=O)O)c3)cc2s1. The molecule has 1 atom stereocenters. The molecule has 0 radical (unpaired) electrons. The summed E-state index contributed by atoms with van der Waals surface area (Å²) in [6.07, 6.45) is 5.16. The first-order valence-electron chi connectivity index (χ1n) is 8.69. The molecule has 0 spiro atoms. The third-order valence-electron chi connectivity index (χ3n) is 4.79.